The quantitative estimate of drug-likeness (QED) is 0.871. The molecule has 0 atom stereocenters. The summed E-state index contributed by atoms with van der Waals surface area (Å²) in [4.78, 5) is 14.1. The number of carbonyl (C=O) groups is 1. The molecule has 1 aliphatic heterocycles. The summed E-state index contributed by atoms with van der Waals surface area (Å²) >= 11 is 0. The standard InChI is InChI=1S/C19H26N4O/c1-3-12-22-13-9-17(10-14-22)21-19(24)16-4-6-18(7-5-16)23-15(2)8-11-20-23/h4-8,11,17H,3,9-10,12-14H2,1-2H3,(H,21,24)/p+1. The summed E-state index contributed by atoms with van der Waals surface area (Å²) in [5.74, 6) is 0.0303. The van der Waals surface area contributed by atoms with Crippen LogP contribution in [0.4, 0.5) is 0 Å². The Morgan fingerprint density at radius 1 is 1.25 bits per heavy atom. The first-order valence-electron chi connectivity index (χ1n) is 8.93. The number of quaternary nitrogens is 1. The van der Waals surface area contributed by atoms with Crippen LogP contribution in [0.1, 0.15) is 42.2 Å². The molecule has 1 aromatic carbocycles. The van der Waals surface area contributed by atoms with Crippen LogP contribution in [0.15, 0.2) is 36.5 Å². The van der Waals surface area contributed by atoms with E-state index in [1.165, 1.54) is 13.0 Å². The molecule has 0 aliphatic carbocycles. The van der Waals surface area contributed by atoms with Crippen LogP contribution in [0.25, 0.3) is 5.69 Å². The van der Waals surface area contributed by atoms with Gasteiger partial charge in [0.1, 0.15) is 0 Å². The van der Waals surface area contributed by atoms with Crippen molar-refractivity contribution in [2.24, 2.45) is 0 Å². The lowest BCUT2D eigenvalue weighted by molar-refractivity contribution is -0.905. The summed E-state index contributed by atoms with van der Waals surface area (Å²) in [7, 11) is 0. The molecule has 128 valence electrons. The number of piperidine rings is 1. The zero-order valence-corrected chi connectivity index (χ0v) is 14.6. The molecule has 2 heterocycles. The summed E-state index contributed by atoms with van der Waals surface area (Å²) in [6.07, 6.45) is 5.16. The number of amides is 1. The first-order valence-corrected chi connectivity index (χ1v) is 8.93. The van der Waals surface area contributed by atoms with E-state index >= 15 is 0 Å². The SMILES string of the molecule is CCC[NH+]1CCC(NC(=O)c2ccc(-n3nccc3C)cc2)CC1. The third-order valence-electron chi connectivity index (χ3n) is 4.84. The van der Waals surface area contributed by atoms with Crippen LogP contribution >= 0.6 is 0 Å². The van der Waals surface area contributed by atoms with Crippen LogP contribution in [-0.2, 0) is 0 Å². The Bertz CT molecular complexity index is 669. The molecule has 5 heteroatoms. The maximum absolute atomic E-state index is 12.4. The minimum absolute atomic E-state index is 0.0303. The number of aryl methyl sites for hydroxylation is 1. The zero-order valence-electron chi connectivity index (χ0n) is 14.6. The van der Waals surface area contributed by atoms with Gasteiger partial charge in [0.2, 0.25) is 0 Å². The first kappa shape index (κ1) is 16.7. The molecule has 0 spiro atoms. The molecule has 0 bridgehead atoms. The molecule has 1 aromatic heterocycles. The highest BCUT2D eigenvalue weighted by atomic mass is 16.1. The average Bonchev–Trinajstić information content (AvgIpc) is 3.03. The fourth-order valence-corrected chi connectivity index (χ4v) is 3.44. The predicted molar refractivity (Wildman–Crippen MR) is 94.6 cm³/mol. The van der Waals surface area contributed by atoms with Crippen LogP contribution in [-0.4, -0.2) is 41.4 Å². The second kappa shape index (κ2) is 7.62. The van der Waals surface area contributed by atoms with E-state index in [2.05, 4.69) is 17.3 Å². The summed E-state index contributed by atoms with van der Waals surface area (Å²) < 4.78 is 1.87. The summed E-state index contributed by atoms with van der Waals surface area (Å²) in [5, 5.41) is 7.48. The van der Waals surface area contributed by atoms with E-state index in [-0.39, 0.29) is 5.91 Å². The third kappa shape index (κ3) is 3.85. The van der Waals surface area contributed by atoms with Gasteiger partial charge in [0.25, 0.3) is 5.91 Å². The van der Waals surface area contributed by atoms with Crippen molar-refractivity contribution in [2.45, 2.75) is 39.2 Å². The van der Waals surface area contributed by atoms with Crippen LogP contribution < -0.4 is 10.2 Å². The minimum atomic E-state index is 0.0303. The third-order valence-corrected chi connectivity index (χ3v) is 4.84. The van der Waals surface area contributed by atoms with Gasteiger partial charge < -0.3 is 10.2 Å². The van der Waals surface area contributed by atoms with Gasteiger partial charge in [-0.2, -0.15) is 5.10 Å². The van der Waals surface area contributed by atoms with Crippen molar-refractivity contribution in [1.82, 2.24) is 15.1 Å². The van der Waals surface area contributed by atoms with Gasteiger partial charge in [-0.15, -0.1) is 0 Å². The van der Waals surface area contributed by atoms with E-state index in [0.717, 1.165) is 37.3 Å². The van der Waals surface area contributed by atoms with Crippen LogP contribution in [0.2, 0.25) is 0 Å². The second-order valence-corrected chi connectivity index (χ2v) is 6.68. The van der Waals surface area contributed by atoms with Gasteiger partial charge in [-0.1, -0.05) is 6.92 Å². The highest BCUT2D eigenvalue weighted by Gasteiger charge is 2.23. The van der Waals surface area contributed by atoms with Gasteiger partial charge in [-0.3, -0.25) is 4.79 Å². The average molecular weight is 327 g/mol. The number of nitrogens with one attached hydrogen (secondary N) is 2. The number of benzene rings is 1. The summed E-state index contributed by atoms with van der Waals surface area (Å²) in [5.41, 5.74) is 2.77. The number of carbonyl (C=O) groups excluding carboxylic acids is 1. The van der Waals surface area contributed by atoms with Crippen molar-refractivity contribution in [3.8, 4) is 5.69 Å². The lowest BCUT2D eigenvalue weighted by Gasteiger charge is -2.29. The van der Waals surface area contributed by atoms with Gasteiger partial charge in [0, 0.05) is 36.3 Å². The molecule has 2 N–H and O–H groups in total. The topological polar surface area (TPSA) is 51.4 Å². The van der Waals surface area contributed by atoms with Gasteiger partial charge in [-0.05, 0) is 43.7 Å². The Balaban J connectivity index is 1.57. The van der Waals surface area contributed by atoms with Crippen molar-refractivity contribution in [3.63, 3.8) is 0 Å². The molecule has 24 heavy (non-hydrogen) atoms. The summed E-state index contributed by atoms with van der Waals surface area (Å²) in [6, 6.07) is 9.93. The predicted octanol–water partition coefficient (Wildman–Crippen LogP) is 1.37. The number of aromatic nitrogens is 2. The first-order chi connectivity index (χ1) is 11.7. The Kier molecular flexibility index (Phi) is 5.30. The molecule has 0 saturated carbocycles. The molecule has 0 radical (unpaired) electrons. The van der Waals surface area contributed by atoms with E-state index in [4.69, 9.17) is 0 Å². The monoisotopic (exact) mass is 327 g/mol. The molecule has 0 unspecified atom stereocenters. The highest BCUT2D eigenvalue weighted by Crippen LogP contribution is 2.12. The van der Waals surface area contributed by atoms with Crippen LogP contribution in [0.5, 0.6) is 0 Å². The number of hydrogen-bond acceptors (Lipinski definition) is 2. The number of nitrogens with zero attached hydrogens (tertiary/aromatic N) is 2. The second-order valence-electron chi connectivity index (χ2n) is 6.68. The fourth-order valence-electron chi connectivity index (χ4n) is 3.44. The fraction of sp³-hybridized carbons (Fsp3) is 0.474. The van der Waals surface area contributed by atoms with E-state index in [1.807, 2.05) is 41.9 Å². The summed E-state index contributed by atoms with van der Waals surface area (Å²) in [6.45, 7) is 7.82. The van der Waals surface area contributed by atoms with E-state index < -0.39 is 0 Å². The van der Waals surface area contributed by atoms with Gasteiger partial charge in [-0.25, -0.2) is 4.68 Å². The maximum Gasteiger partial charge on any atom is 0.251 e. The molecule has 5 nitrogen and oxygen atoms in total. The molecule has 1 aliphatic rings. The number of hydrogen-bond donors (Lipinski definition) is 2. The molecule has 1 fully saturated rings. The van der Waals surface area contributed by atoms with E-state index in [0.29, 0.717) is 11.6 Å². The zero-order chi connectivity index (χ0) is 16.9. The maximum atomic E-state index is 12.4. The molecule has 1 saturated heterocycles. The van der Waals surface area contributed by atoms with Crippen LogP contribution in [0, 0.1) is 6.92 Å². The Morgan fingerprint density at radius 3 is 2.54 bits per heavy atom. The van der Waals surface area contributed by atoms with Gasteiger partial charge in [0.15, 0.2) is 0 Å². The lowest BCUT2D eigenvalue weighted by atomic mass is 10.0. The van der Waals surface area contributed by atoms with Crippen molar-refractivity contribution in [2.75, 3.05) is 19.6 Å². The highest BCUT2D eigenvalue weighted by molar-refractivity contribution is 5.94. The van der Waals surface area contributed by atoms with E-state index in [1.54, 1.807) is 11.1 Å². The van der Waals surface area contributed by atoms with Crippen molar-refractivity contribution in [3.05, 3.63) is 47.8 Å². The number of rotatable bonds is 5. The van der Waals surface area contributed by atoms with Crippen molar-refractivity contribution in [1.29, 1.82) is 0 Å². The molecule has 2 aromatic rings. The van der Waals surface area contributed by atoms with Crippen LogP contribution in [0.3, 0.4) is 0 Å². The van der Waals surface area contributed by atoms with E-state index in [9.17, 15) is 4.79 Å². The van der Waals surface area contributed by atoms with Crippen molar-refractivity contribution >= 4 is 5.91 Å². The Hall–Kier alpha value is -2.14. The van der Waals surface area contributed by atoms with Gasteiger partial charge >= 0.3 is 0 Å². The smallest absolute Gasteiger partial charge is 0.251 e. The number of likely N-dealkylation sites (tertiary alicyclic amines) is 1. The molecular formula is C19H27N4O+. The van der Waals surface area contributed by atoms with Crippen molar-refractivity contribution < 1.29 is 9.69 Å². The normalized spacial score (nSPS) is 20.8. The molecular weight excluding hydrogens is 300 g/mol. The Morgan fingerprint density at radius 2 is 1.96 bits per heavy atom. The lowest BCUT2D eigenvalue weighted by Crippen LogP contribution is -3.13. The Labute approximate surface area is 143 Å². The van der Waals surface area contributed by atoms with Gasteiger partial charge in [0.05, 0.1) is 25.3 Å². The minimum Gasteiger partial charge on any atom is -0.349 e. The molecule has 1 amide bonds. The largest absolute Gasteiger partial charge is 0.349 e. The molecule has 3 rings (SSSR count).